The highest BCUT2D eigenvalue weighted by molar-refractivity contribution is 5.96. The molecule has 1 N–H and O–H groups in total. The molecule has 2 rings (SSSR count). The molecule has 5 nitrogen and oxygen atoms in total. The van der Waals surface area contributed by atoms with Crippen LogP contribution in [-0.2, 0) is 14.4 Å². The van der Waals surface area contributed by atoms with Gasteiger partial charge in [-0.15, -0.1) is 0 Å². The zero-order valence-electron chi connectivity index (χ0n) is 10.8. The zero-order chi connectivity index (χ0) is 13.8. The number of carbonyl (C=O) groups is 3. The van der Waals surface area contributed by atoms with Crippen LogP contribution in [0.2, 0.25) is 0 Å². The normalized spacial score (nSPS) is 18.5. The summed E-state index contributed by atoms with van der Waals surface area (Å²) in [5, 5.41) is 2.17. The van der Waals surface area contributed by atoms with Crippen LogP contribution in [0.4, 0.5) is 0 Å². The Morgan fingerprint density at radius 2 is 2.00 bits per heavy atom. The molecule has 19 heavy (non-hydrogen) atoms. The van der Waals surface area contributed by atoms with Crippen LogP contribution in [-0.4, -0.2) is 35.7 Å². The molecule has 0 saturated carbocycles. The number of amides is 3. The van der Waals surface area contributed by atoms with E-state index in [0.717, 1.165) is 5.56 Å². The van der Waals surface area contributed by atoms with Gasteiger partial charge in [-0.1, -0.05) is 30.3 Å². The summed E-state index contributed by atoms with van der Waals surface area (Å²) in [6.45, 7) is 1.74. The molecule has 1 aliphatic rings. The third-order valence-electron chi connectivity index (χ3n) is 3.14. The third-order valence-corrected chi connectivity index (χ3v) is 3.14. The maximum Gasteiger partial charge on any atom is 0.246 e. The predicted octanol–water partition coefficient (Wildman–Crippen LogP) is 0.665. The summed E-state index contributed by atoms with van der Waals surface area (Å²) in [6.07, 6.45) is 0.414. The molecule has 0 aromatic heterocycles. The Bertz CT molecular complexity index is 499. The van der Waals surface area contributed by atoms with Gasteiger partial charge >= 0.3 is 0 Å². The van der Waals surface area contributed by atoms with E-state index in [1.54, 1.807) is 0 Å². The van der Waals surface area contributed by atoms with E-state index in [2.05, 4.69) is 5.32 Å². The number of hydrogen-bond acceptors (Lipinski definition) is 3. The van der Waals surface area contributed by atoms with E-state index in [1.807, 2.05) is 30.3 Å². The van der Waals surface area contributed by atoms with Crippen LogP contribution in [0.15, 0.2) is 30.3 Å². The number of likely N-dealkylation sites (tertiary alicyclic amines) is 1. The average Bonchev–Trinajstić information content (AvgIpc) is 2.71. The predicted molar refractivity (Wildman–Crippen MR) is 69.2 cm³/mol. The summed E-state index contributed by atoms with van der Waals surface area (Å²) in [5.74, 6) is -0.766. The van der Waals surface area contributed by atoms with E-state index in [-0.39, 0.29) is 18.4 Å². The molecular formula is C14H16N2O3. The van der Waals surface area contributed by atoms with Crippen LogP contribution in [0.5, 0.6) is 0 Å². The molecule has 1 aliphatic heterocycles. The average molecular weight is 260 g/mol. The lowest BCUT2D eigenvalue weighted by Gasteiger charge is -2.15. The Kier molecular flexibility index (Phi) is 3.94. The van der Waals surface area contributed by atoms with E-state index in [4.69, 9.17) is 0 Å². The van der Waals surface area contributed by atoms with Crippen molar-refractivity contribution in [1.29, 1.82) is 0 Å². The Hall–Kier alpha value is -2.17. The van der Waals surface area contributed by atoms with Crippen molar-refractivity contribution in [3.05, 3.63) is 35.9 Å². The largest absolute Gasteiger partial charge is 0.333 e. The van der Waals surface area contributed by atoms with Crippen molar-refractivity contribution in [2.75, 3.05) is 13.1 Å². The van der Waals surface area contributed by atoms with Crippen molar-refractivity contribution >= 4 is 17.7 Å². The number of rotatable bonds is 3. The lowest BCUT2D eigenvalue weighted by atomic mass is 9.99. The Balaban J connectivity index is 1.96. The van der Waals surface area contributed by atoms with E-state index in [9.17, 15) is 14.4 Å². The van der Waals surface area contributed by atoms with Crippen molar-refractivity contribution < 1.29 is 14.4 Å². The van der Waals surface area contributed by atoms with Gasteiger partial charge in [0.25, 0.3) is 0 Å². The fourth-order valence-corrected chi connectivity index (χ4v) is 2.28. The van der Waals surface area contributed by atoms with Crippen LogP contribution in [0.1, 0.15) is 24.8 Å². The van der Waals surface area contributed by atoms with Gasteiger partial charge in [0.15, 0.2) is 0 Å². The fourth-order valence-electron chi connectivity index (χ4n) is 2.28. The first-order valence-electron chi connectivity index (χ1n) is 6.19. The van der Waals surface area contributed by atoms with Crippen LogP contribution >= 0.6 is 0 Å². The van der Waals surface area contributed by atoms with Gasteiger partial charge in [-0.05, 0) is 5.56 Å². The molecule has 0 bridgehead atoms. The highest BCUT2D eigenvalue weighted by Crippen LogP contribution is 2.27. The van der Waals surface area contributed by atoms with E-state index in [1.165, 1.54) is 11.8 Å². The Morgan fingerprint density at radius 3 is 2.63 bits per heavy atom. The molecule has 3 amide bonds. The van der Waals surface area contributed by atoms with Gasteiger partial charge in [0.1, 0.15) is 0 Å². The number of nitrogens with zero attached hydrogens (tertiary/aromatic N) is 1. The molecule has 5 heteroatoms. The minimum atomic E-state index is -0.436. The second-order valence-corrected chi connectivity index (χ2v) is 4.69. The minimum Gasteiger partial charge on any atom is -0.333 e. The maximum atomic E-state index is 11.8. The molecule has 1 aromatic carbocycles. The van der Waals surface area contributed by atoms with E-state index in [0.29, 0.717) is 13.0 Å². The van der Waals surface area contributed by atoms with Gasteiger partial charge in [0.2, 0.25) is 17.7 Å². The minimum absolute atomic E-state index is 0.0486. The Labute approximate surface area is 111 Å². The topological polar surface area (TPSA) is 66.5 Å². The van der Waals surface area contributed by atoms with Crippen LogP contribution in [0.25, 0.3) is 0 Å². The van der Waals surface area contributed by atoms with Crippen LogP contribution in [0, 0.1) is 0 Å². The third kappa shape index (κ3) is 3.40. The molecule has 0 spiro atoms. The molecule has 1 fully saturated rings. The quantitative estimate of drug-likeness (QED) is 0.868. The van der Waals surface area contributed by atoms with Gasteiger partial charge in [-0.2, -0.15) is 0 Å². The zero-order valence-corrected chi connectivity index (χ0v) is 10.8. The molecular weight excluding hydrogens is 244 g/mol. The summed E-state index contributed by atoms with van der Waals surface area (Å²) in [4.78, 5) is 35.6. The summed E-state index contributed by atoms with van der Waals surface area (Å²) in [6, 6.07) is 9.77. The van der Waals surface area contributed by atoms with Gasteiger partial charge in [0, 0.05) is 25.8 Å². The fraction of sp³-hybridized carbons (Fsp3) is 0.357. The van der Waals surface area contributed by atoms with Crippen molar-refractivity contribution in [1.82, 2.24) is 10.2 Å². The summed E-state index contributed by atoms with van der Waals surface area (Å²) >= 11 is 0. The number of hydrogen-bond donors (Lipinski definition) is 1. The first kappa shape index (κ1) is 13.3. The number of carbonyl (C=O) groups excluding carboxylic acids is 3. The van der Waals surface area contributed by atoms with Gasteiger partial charge in [-0.3, -0.25) is 19.7 Å². The molecule has 0 radical (unpaired) electrons. The van der Waals surface area contributed by atoms with E-state index < -0.39 is 11.8 Å². The number of benzene rings is 1. The standard InChI is InChI=1S/C14H16N2O3/c1-10(17)15-13(18)9-16-8-12(7-14(16)19)11-5-3-2-4-6-11/h2-6,12H,7-9H2,1H3,(H,15,17,18). The first-order chi connectivity index (χ1) is 9.06. The van der Waals surface area contributed by atoms with Gasteiger partial charge < -0.3 is 4.90 Å². The highest BCUT2D eigenvalue weighted by atomic mass is 16.2. The van der Waals surface area contributed by atoms with Crippen LogP contribution in [0.3, 0.4) is 0 Å². The van der Waals surface area contributed by atoms with Gasteiger partial charge in [0.05, 0.1) is 6.54 Å². The van der Waals surface area contributed by atoms with Crippen LogP contribution < -0.4 is 5.32 Å². The maximum absolute atomic E-state index is 11.8. The van der Waals surface area contributed by atoms with Crippen molar-refractivity contribution in [2.24, 2.45) is 0 Å². The van der Waals surface area contributed by atoms with E-state index >= 15 is 0 Å². The van der Waals surface area contributed by atoms with Crippen molar-refractivity contribution in [3.63, 3.8) is 0 Å². The summed E-state index contributed by atoms with van der Waals surface area (Å²) in [5.41, 5.74) is 1.10. The SMILES string of the molecule is CC(=O)NC(=O)CN1CC(c2ccccc2)CC1=O. The number of nitrogens with one attached hydrogen (secondary N) is 1. The molecule has 1 saturated heterocycles. The lowest BCUT2D eigenvalue weighted by Crippen LogP contribution is -2.39. The molecule has 1 aromatic rings. The first-order valence-corrected chi connectivity index (χ1v) is 6.19. The Morgan fingerprint density at radius 1 is 1.32 bits per heavy atom. The number of imide groups is 1. The summed E-state index contributed by atoms with van der Waals surface area (Å²) in [7, 11) is 0. The smallest absolute Gasteiger partial charge is 0.246 e. The lowest BCUT2D eigenvalue weighted by molar-refractivity contribution is -0.135. The highest BCUT2D eigenvalue weighted by Gasteiger charge is 2.31. The molecule has 1 unspecified atom stereocenters. The molecule has 1 heterocycles. The second kappa shape index (κ2) is 5.65. The van der Waals surface area contributed by atoms with Crippen molar-refractivity contribution in [2.45, 2.75) is 19.3 Å². The summed E-state index contributed by atoms with van der Waals surface area (Å²) < 4.78 is 0. The second-order valence-electron chi connectivity index (χ2n) is 4.69. The molecule has 1 atom stereocenters. The van der Waals surface area contributed by atoms with Crippen molar-refractivity contribution in [3.8, 4) is 0 Å². The monoisotopic (exact) mass is 260 g/mol. The molecule has 100 valence electrons. The molecule has 0 aliphatic carbocycles. The van der Waals surface area contributed by atoms with Gasteiger partial charge in [-0.25, -0.2) is 0 Å².